The van der Waals surface area contributed by atoms with E-state index in [1.165, 1.54) is 5.56 Å². The molecular formula is C13H17NO2. The molecule has 1 atom stereocenters. The summed E-state index contributed by atoms with van der Waals surface area (Å²) in [5, 5.41) is 3.28. The summed E-state index contributed by atoms with van der Waals surface area (Å²) in [7, 11) is 1.94. The topological polar surface area (TPSA) is 38.3 Å². The van der Waals surface area contributed by atoms with Gasteiger partial charge in [0.1, 0.15) is 17.3 Å². The summed E-state index contributed by atoms with van der Waals surface area (Å²) in [4.78, 5) is 0. The second-order valence-electron chi connectivity index (χ2n) is 4.08. The van der Waals surface area contributed by atoms with Crippen LogP contribution < -0.4 is 5.32 Å². The molecule has 0 bridgehead atoms. The number of hydrogen-bond acceptors (Lipinski definition) is 3. The van der Waals surface area contributed by atoms with Crippen LogP contribution in [0.25, 0.3) is 0 Å². The van der Waals surface area contributed by atoms with E-state index in [9.17, 15) is 0 Å². The molecule has 3 nitrogen and oxygen atoms in total. The number of nitrogens with one attached hydrogen (secondary N) is 1. The highest BCUT2D eigenvalue weighted by Crippen LogP contribution is 2.28. The van der Waals surface area contributed by atoms with Gasteiger partial charge in [0.05, 0.1) is 12.3 Å². The SMILES string of the molecule is CNC(c1coc(C)c1)c1cc(C)oc1C. The fraction of sp³-hybridized carbons (Fsp3) is 0.385. The third kappa shape index (κ3) is 1.91. The van der Waals surface area contributed by atoms with Crippen LogP contribution in [0.1, 0.15) is 34.4 Å². The maximum Gasteiger partial charge on any atom is 0.106 e. The Balaban J connectivity index is 2.40. The van der Waals surface area contributed by atoms with Gasteiger partial charge in [0.15, 0.2) is 0 Å². The Morgan fingerprint density at radius 2 is 1.88 bits per heavy atom. The van der Waals surface area contributed by atoms with Gasteiger partial charge < -0.3 is 14.2 Å². The van der Waals surface area contributed by atoms with Crippen LogP contribution in [-0.4, -0.2) is 7.05 Å². The van der Waals surface area contributed by atoms with Crippen LogP contribution in [0, 0.1) is 20.8 Å². The number of hydrogen-bond donors (Lipinski definition) is 1. The molecule has 0 spiro atoms. The van der Waals surface area contributed by atoms with Crippen LogP contribution in [0.2, 0.25) is 0 Å². The first-order valence-corrected chi connectivity index (χ1v) is 5.41. The molecule has 0 saturated carbocycles. The molecule has 2 aromatic rings. The Bertz CT molecular complexity index is 482. The Labute approximate surface area is 95.5 Å². The number of furan rings is 2. The van der Waals surface area contributed by atoms with E-state index >= 15 is 0 Å². The Hall–Kier alpha value is -1.48. The summed E-state index contributed by atoms with van der Waals surface area (Å²) >= 11 is 0. The molecule has 0 saturated heterocycles. The van der Waals surface area contributed by atoms with Gasteiger partial charge in [0.2, 0.25) is 0 Å². The first-order valence-electron chi connectivity index (χ1n) is 5.41. The molecule has 0 aliphatic rings. The maximum absolute atomic E-state index is 5.55. The standard InChI is InChI=1S/C13H17NO2/c1-8-5-11(7-15-8)13(14-4)12-6-9(2)16-10(12)3/h5-7,13-14H,1-4H3. The van der Waals surface area contributed by atoms with Crippen molar-refractivity contribution in [1.29, 1.82) is 0 Å². The van der Waals surface area contributed by atoms with Gasteiger partial charge in [-0.2, -0.15) is 0 Å². The monoisotopic (exact) mass is 219 g/mol. The molecule has 16 heavy (non-hydrogen) atoms. The molecule has 0 aliphatic heterocycles. The van der Waals surface area contributed by atoms with Crippen molar-refractivity contribution < 1.29 is 8.83 Å². The highest BCUT2D eigenvalue weighted by molar-refractivity contribution is 5.33. The Morgan fingerprint density at radius 1 is 1.12 bits per heavy atom. The van der Waals surface area contributed by atoms with E-state index in [4.69, 9.17) is 8.83 Å². The van der Waals surface area contributed by atoms with E-state index in [0.717, 1.165) is 22.8 Å². The smallest absolute Gasteiger partial charge is 0.106 e. The highest BCUT2D eigenvalue weighted by Gasteiger charge is 2.18. The van der Waals surface area contributed by atoms with Crippen molar-refractivity contribution in [2.75, 3.05) is 7.05 Å². The lowest BCUT2D eigenvalue weighted by Gasteiger charge is -2.13. The van der Waals surface area contributed by atoms with E-state index in [1.54, 1.807) is 6.26 Å². The summed E-state index contributed by atoms with van der Waals surface area (Å²) in [6.45, 7) is 5.90. The number of aryl methyl sites for hydroxylation is 3. The molecular weight excluding hydrogens is 202 g/mol. The van der Waals surface area contributed by atoms with E-state index in [0.29, 0.717) is 0 Å². The minimum Gasteiger partial charge on any atom is -0.469 e. The molecule has 0 aliphatic carbocycles. The van der Waals surface area contributed by atoms with Gasteiger partial charge in [-0.15, -0.1) is 0 Å². The fourth-order valence-electron chi connectivity index (χ4n) is 2.05. The average molecular weight is 219 g/mol. The van der Waals surface area contributed by atoms with Crippen molar-refractivity contribution in [2.45, 2.75) is 26.8 Å². The Kier molecular flexibility index (Phi) is 2.88. The molecule has 1 unspecified atom stereocenters. The second kappa shape index (κ2) is 4.18. The maximum atomic E-state index is 5.55. The molecule has 3 heteroatoms. The van der Waals surface area contributed by atoms with E-state index in [2.05, 4.69) is 11.4 Å². The van der Waals surface area contributed by atoms with Crippen LogP contribution in [0.15, 0.2) is 27.2 Å². The lowest BCUT2D eigenvalue weighted by Crippen LogP contribution is -2.17. The molecule has 86 valence electrons. The Morgan fingerprint density at radius 3 is 2.31 bits per heavy atom. The zero-order valence-corrected chi connectivity index (χ0v) is 10.1. The van der Waals surface area contributed by atoms with Gasteiger partial charge in [0, 0.05) is 11.1 Å². The predicted octanol–water partition coefficient (Wildman–Crippen LogP) is 3.11. The van der Waals surface area contributed by atoms with Crippen molar-refractivity contribution in [3.63, 3.8) is 0 Å². The zero-order chi connectivity index (χ0) is 11.7. The van der Waals surface area contributed by atoms with Gasteiger partial charge in [-0.1, -0.05) is 0 Å². The van der Waals surface area contributed by atoms with E-state index in [-0.39, 0.29) is 6.04 Å². The van der Waals surface area contributed by atoms with Crippen molar-refractivity contribution in [3.05, 3.63) is 46.8 Å². The first-order chi connectivity index (χ1) is 7.61. The summed E-state index contributed by atoms with van der Waals surface area (Å²) in [5.74, 6) is 2.82. The highest BCUT2D eigenvalue weighted by atomic mass is 16.3. The number of rotatable bonds is 3. The van der Waals surface area contributed by atoms with Crippen LogP contribution >= 0.6 is 0 Å². The molecule has 2 heterocycles. The van der Waals surface area contributed by atoms with Gasteiger partial charge in [-0.05, 0) is 40.0 Å². The van der Waals surface area contributed by atoms with E-state index < -0.39 is 0 Å². The third-order valence-electron chi connectivity index (χ3n) is 2.76. The normalized spacial score (nSPS) is 13.0. The second-order valence-corrected chi connectivity index (χ2v) is 4.08. The molecule has 2 rings (SSSR count). The fourth-order valence-corrected chi connectivity index (χ4v) is 2.05. The van der Waals surface area contributed by atoms with Crippen molar-refractivity contribution in [1.82, 2.24) is 5.32 Å². The van der Waals surface area contributed by atoms with Crippen LogP contribution in [-0.2, 0) is 0 Å². The lowest BCUT2D eigenvalue weighted by molar-refractivity contribution is 0.495. The molecule has 1 N–H and O–H groups in total. The van der Waals surface area contributed by atoms with Crippen molar-refractivity contribution >= 4 is 0 Å². The summed E-state index contributed by atoms with van der Waals surface area (Å²) < 4.78 is 10.9. The van der Waals surface area contributed by atoms with Crippen molar-refractivity contribution in [2.24, 2.45) is 0 Å². The predicted molar refractivity (Wildman–Crippen MR) is 62.5 cm³/mol. The summed E-state index contributed by atoms with van der Waals surface area (Å²) in [6, 6.07) is 4.25. The molecule has 0 amide bonds. The van der Waals surface area contributed by atoms with E-state index in [1.807, 2.05) is 33.9 Å². The molecule has 0 aromatic carbocycles. The van der Waals surface area contributed by atoms with Crippen LogP contribution in [0.3, 0.4) is 0 Å². The van der Waals surface area contributed by atoms with Crippen LogP contribution in [0.5, 0.6) is 0 Å². The first kappa shape index (κ1) is 11.0. The third-order valence-corrected chi connectivity index (χ3v) is 2.76. The van der Waals surface area contributed by atoms with Gasteiger partial charge in [0.25, 0.3) is 0 Å². The van der Waals surface area contributed by atoms with Gasteiger partial charge in [-0.25, -0.2) is 0 Å². The minimum absolute atomic E-state index is 0.134. The average Bonchev–Trinajstić information content (AvgIpc) is 2.76. The zero-order valence-electron chi connectivity index (χ0n) is 10.1. The van der Waals surface area contributed by atoms with Crippen molar-refractivity contribution in [3.8, 4) is 0 Å². The molecule has 0 radical (unpaired) electrons. The largest absolute Gasteiger partial charge is 0.469 e. The minimum atomic E-state index is 0.134. The van der Waals surface area contributed by atoms with Gasteiger partial charge >= 0.3 is 0 Å². The summed E-state index contributed by atoms with van der Waals surface area (Å²) in [5.41, 5.74) is 2.30. The summed E-state index contributed by atoms with van der Waals surface area (Å²) in [6.07, 6.45) is 1.79. The molecule has 0 fully saturated rings. The van der Waals surface area contributed by atoms with Crippen LogP contribution in [0.4, 0.5) is 0 Å². The quantitative estimate of drug-likeness (QED) is 0.862. The lowest BCUT2D eigenvalue weighted by atomic mass is 10.0. The molecule has 2 aromatic heterocycles. The van der Waals surface area contributed by atoms with Gasteiger partial charge in [-0.3, -0.25) is 0 Å².